The van der Waals surface area contributed by atoms with Crippen molar-refractivity contribution in [1.82, 2.24) is 4.90 Å². The molecule has 104 valence electrons. The van der Waals surface area contributed by atoms with E-state index in [0.717, 1.165) is 12.8 Å². The summed E-state index contributed by atoms with van der Waals surface area (Å²) in [5.41, 5.74) is -0.438. The summed E-state index contributed by atoms with van der Waals surface area (Å²) in [4.78, 5) is 25.0. The highest BCUT2D eigenvalue weighted by molar-refractivity contribution is 5.78. The van der Waals surface area contributed by atoms with Gasteiger partial charge < -0.3 is 9.64 Å². The molecule has 0 saturated carbocycles. The topological polar surface area (TPSA) is 46.6 Å². The number of nitrogens with zero attached hydrogens (tertiary/aromatic N) is 1. The first-order chi connectivity index (χ1) is 8.31. The Hall–Kier alpha value is -1.06. The molecule has 0 aromatic heterocycles. The van der Waals surface area contributed by atoms with E-state index in [2.05, 4.69) is 0 Å². The molecule has 0 spiro atoms. The van der Waals surface area contributed by atoms with Gasteiger partial charge in [0.25, 0.3) is 0 Å². The minimum absolute atomic E-state index is 0.234. The molecule has 1 fully saturated rings. The van der Waals surface area contributed by atoms with Gasteiger partial charge in [-0.2, -0.15) is 0 Å². The van der Waals surface area contributed by atoms with Crippen LogP contribution in [0.15, 0.2) is 0 Å². The quantitative estimate of drug-likeness (QED) is 0.778. The fraction of sp³-hybridized carbons (Fsp3) is 0.857. The molecule has 4 nitrogen and oxygen atoms in total. The number of carbonyl (C=O) groups is 2. The summed E-state index contributed by atoms with van der Waals surface area (Å²) in [6.07, 6.45) is 2.86. The highest BCUT2D eigenvalue weighted by Gasteiger charge is 2.27. The van der Waals surface area contributed by atoms with E-state index in [1.807, 2.05) is 27.7 Å². The van der Waals surface area contributed by atoms with Crippen molar-refractivity contribution in [2.75, 3.05) is 13.1 Å². The fourth-order valence-corrected chi connectivity index (χ4v) is 2.11. The maximum atomic E-state index is 11.8. The van der Waals surface area contributed by atoms with Crippen molar-refractivity contribution in [3.05, 3.63) is 0 Å². The lowest BCUT2D eigenvalue weighted by Crippen LogP contribution is -2.42. The normalized spacial score (nSPS) is 17.7. The fourth-order valence-electron chi connectivity index (χ4n) is 2.11. The lowest BCUT2D eigenvalue weighted by molar-refractivity contribution is -0.119. The molecule has 0 aromatic carbocycles. The Morgan fingerprint density at radius 1 is 1.22 bits per heavy atom. The zero-order chi connectivity index (χ0) is 13.8. The summed E-state index contributed by atoms with van der Waals surface area (Å²) < 4.78 is 5.33. The maximum absolute atomic E-state index is 11.8. The zero-order valence-corrected chi connectivity index (χ0v) is 12.0. The second-order valence-corrected chi connectivity index (χ2v) is 6.01. The van der Waals surface area contributed by atoms with Crippen molar-refractivity contribution in [1.29, 1.82) is 0 Å². The number of ether oxygens (including phenoxy) is 1. The first-order valence-electron chi connectivity index (χ1n) is 6.81. The van der Waals surface area contributed by atoms with Crippen LogP contribution in [0, 0.1) is 5.92 Å². The molecule has 0 radical (unpaired) electrons. The summed E-state index contributed by atoms with van der Waals surface area (Å²) >= 11 is 0. The third-order valence-corrected chi connectivity index (χ3v) is 3.18. The molecule has 0 bridgehead atoms. The molecular weight excluding hydrogens is 230 g/mol. The largest absolute Gasteiger partial charge is 0.444 e. The van der Waals surface area contributed by atoms with Crippen molar-refractivity contribution in [3.63, 3.8) is 0 Å². The number of rotatable bonds is 3. The molecule has 0 aromatic rings. The molecule has 1 aliphatic rings. The Morgan fingerprint density at radius 2 is 1.78 bits per heavy atom. The van der Waals surface area contributed by atoms with E-state index < -0.39 is 5.60 Å². The van der Waals surface area contributed by atoms with E-state index in [0.29, 0.717) is 37.6 Å². The van der Waals surface area contributed by atoms with Gasteiger partial charge in [-0.1, -0.05) is 6.92 Å². The van der Waals surface area contributed by atoms with E-state index in [1.165, 1.54) is 0 Å². The summed E-state index contributed by atoms with van der Waals surface area (Å²) in [5, 5.41) is 0. The zero-order valence-electron chi connectivity index (χ0n) is 12.0. The van der Waals surface area contributed by atoms with Crippen LogP contribution in [0.4, 0.5) is 4.79 Å². The van der Waals surface area contributed by atoms with Gasteiger partial charge in [0.05, 0.1) is 0 Å². The van der Waals surface area contributed by atoms with Crippen LogP contribution in [0.1, 0.15) is 53.4 Å². The van der Waals surface area contributed by atoms with Crippen LogP contribution < -0.4 is 0 Å². The molecule has 1 amide bonds. The Bertz CT molecular complexity index is 299. The number of ketones is 1. The van der Waals surface area contributed by atoms with Gasteiger partial charge in [0.15, 0.2) is 0 Å². The monoisotopic (exact) mass is 255 g/mol. The molecule has 1 aliphatic heterocycles. The van der Waals surface area contributed by atoms with Gasteiger partial charge >= 0.3 is 6.09 Å². The van der Waals surface area contributed by atoms with Crippen LogP contribution in [-0.2, 0) is 9.53 Å². The van der Waals surface area contributed by atoms with Crippen LogP contribution in [-0.4, -0.2) is 35.5 Å². The Labute approximate surface area is 110 Å². The molecule has 0 aliphatic carbocycles. The van der Waals surface area contributed by atoms with Gasteiger partial charge in [0.2, 0.25) is 0 Å². The van der Waals surface area contributed by atoms with Gasteiger partial charge in [-0.05, 0) is 39.5 Å². The van der Waals surface area contributed by atoms with Gasteiger partial charge in [0.1, 0.15) is 11.4 Å². The van der Waals surface area contributed by atoms with E-state index >= 15 is 0 Å². The second kappa shape index (κ2) is 6.21. The maximum Gasteiger partial charge on any atom is 0.410 e. The molecular formula is C14H25NO3. The first-order valence-corrected chi connectivity index (χ1v) is 6.81. The SMILES string of the molecule is CCC(=O)CC1CCN(C(=O)OC(C)(C)C)CC1. The van der Waals surface area contributed by atoms with Crippen LogP contribution in [0.3, 0.4) is 0 Å². The predicted molar refractivity (Wildman–Crippen MR) is 70.4 cm³/mol. The van der Waals surface area contributed by atoms with Gasteiger partial charge in [-0.25, -0.2) is 4.79 Å². The first kappa shape index (κ1) is 15.0. The third kappa shape index (κ3) is 5.07. The van der Waals surface area contributed by atoms with Crippen molar-refractivity contribution in [2.24, 2.45) is 5.92 Å². The van der Waals surface area contributed by atoms with E-state index in [4.69, 9.17) is 4.74 Å². The Kier molecular flexibility index (Phi) is 5.17. The lowest BCUT2D eigenvalue weighted by Gasteiger charge is -2.33. The van der Waals surface area contributed by atoms with Crippen molar-refractivity contribution in [2.45, 2.75) is 59.0 Å². The number of carbonyl (C=O) groups excluding carboxylic acids is 2. The summed E-state index contributed by atoms with van der Waals surface area (Å²) in [5.74, 6) is 0.766. The number of hydrogen-bond acceptors (Lipinski definition) is 3. The highest BCUT2D eigenvalue weighted by Crippen LogP contribution is 2.22. The molecule has 1 rings (SSSR count). The molecule has 18 heavy (non-hydrogen) atoms. The predicted octanol–water partition coefficient (Wildman–Crippen LogP) is 3.00. The smallest absolute Gasteiger partial charge is 0.410 e. The third-order valence-electron chi connectivity index (χ3n) is 3.18. The second-order valence-electron chi connectivity index (χ2n) is 6.01. The number of amides is 1. The number of likely N-dealkylation sites (tertiary alicyclic amines) is 1. The van der Waals surface area contributed by atoms with Crippen molar-refractivity contribution >= 4 is 11.9 Å². The van der Waals surface area contributed by atoms with E-state index in [-0.39, 0.29) is 6.09 Å². The number of piperidine rings is 1. The van der Waals surface area contributed by atoms with Gasteiger partial charge in [-0.15, -0.1) is 0 Å². The van der Waals surface area contributed by atoms with Crippen LogP contribution in [0.2, 0.25) is 0 Å². The average molecular weight is 255 g/mol. The number of Topliss-reactive ketones (excluding diaryl/α,β-unsaturated/α-hetero) is 1. The van der Waals surface area contributed by atoms with Crippen molar-refractivity contribution in [3.8, 4) is 0 Å². The van der Waals surface area contributed by atoms with E-state index in [1.54, 1.807) is 4.90 Å². The van der Waals surface area contributed by atoms with Gasteiger partial charge in [-0.3, -0.25) is 4.79 Å². The van der Waals surface area contributed by atoms with E-state index in [9.17, 15) is 9.59 Å². The standard InChI is InChI=1S/C14H25NO3/c1-5-12(16)10-11-6-8-15(9-7-11)13(17)18-14(2,3)4/h11H,5-10H2,1-4H3. The minimum atomic E-state index is -0.438. The summed E-state index contributed by atoms with van der Waals surface area (Å²) in [7, 11) is 0. The number of hydrogen-bond donors (Lipinski definition) is 0. The van der Waals surface area contributed by atoms with Crippen LogP contribution in [0.5, 0.6) is 0 Å². The average Bonchev–Trinajstić information content (AvgIpc) is 2.27. The molecule has 1 heterocycles. The van der Waals surface area contributed by atoms with Crippen LogP contribution >= 0.6 is 0 Å². The summed E-state index contributed by atoms with van der Waals surface area (Å²) in [6, 6.07) is 0. The summed E-state index contributed by atoms with van der Waals surface area (Å²) in [6.45, 7) is 8.93. The van der Waals surface area contributed by atoms with Crippen molar-refractivity contribution < 1.29 is 14.3 Å². The Morgan fingerprint density at radius 3 is 2.22 bits per heavy atom. The Balaban J connectivity index is 2.35. The molecule has 0 unspecified atom stereocenters. The highest BCUT2D eigenvalue weighted by atomic mass is 16.6. The van der Waals surface area contributed by atoms with Crippen LogP contribution in [0.25, 0.3) is 0 Å². The minimum Gasteiger partial charge on any atom is -0.444 e. The molecule has 0 atom stereocenters. The molecule has 1 saturated heterocycles. The molecule has 0 N–H and O–H groups in total. The van der Waals surface area contributed by atoms with Gasteiger partial charge in [0, 0.05) is 25.9 Å². The molecule has 4 heteroatoms. The lowest BCUT2D eigenvalue weighted by atomic mass is 9.91.